The van der Waals surface area contributed by atoms with Gasteiger partial charge in [-0.2, -0.15) is 0 Å². The highest BCUT2D eigenvalue weighted by Gasteiger charge is 2.02. The fourth-order valence-corrected chi connectivity index (χ4v) is 1.64. The van der Waals surface area contributed by atoms with Gasteiger partial charge in [-0.1, -0.05) is 0 Å². The highest BCUT2D eigenvalue weighted by molar-refractivity contribution is 9.10. The molecule has 0 bridgehead atoms. The van der Waals surface area contributed by atoms with Gasteiger partial charge in [-0.15, -0.1) is 0 Å². The van der Waals surface area contributed by atoms with Gasteiger partial charge in [-0.05, 0) is 34.1 Å². The Bertz CT molecular complexity index is 518. The van der Waals surface area contributed by atoms with Gasteiger partial charge in [0, 0.05) is 21.6 Å². The molecular formula is C9H6BrNO2. The summed E-state index contributed by atoms with van der Waals surface area (Å²) in [5.74, 6) is 0. The number of halogens is 1. The molecule has 2 rings (SSSR count). The summed E-state index contributed by atoms with van der Waals surface area (Å²) in [6.45, 7) is 0. The summed E-state index contributed by atoms with van der Waals surface area (Å²) >= 11 is 3.27. The molecule has 2 aromatic rings. The average Bonchev–Trinajstić information content (AvgIpc) is 2.06. The molecule has 1 aromatic heterocycles. The Morgan fingerprint density at radius 3 is 2.85 bits per heavy atom. The first-order valence-electron chi connectivity index (χ1n) is 3.66. The number of nitrogen functional groups attached to an aromatic ring is 1. The van der Waals surface area contributed by atoms with Crippen LogP contribution in [0.3, 0.4) is 0 Å². The lowest BCUT2D eigenvalue weighted by Gasteiger charge is -1.99. The lowest BCUT2D eigenvalue weighted by molar-refractivity contribution is 0.560. The fraction of sp³-hybridized carbons (Fsp3) is 0. The number of benzene rings is 1. The smallest absolute Gasteiger partial charge is 0.337 e. The van der Waals surface area contributed by atoms with E-state index in [0.29, 0.717) is 15.7 Å². The molecule has 0 radical (unpaired) electrons. The van der Waals surface area contributed by atoms with E-state index < -0.39 is 0 Å². The molecule has 3 nitrogen and oxygen atoms in total. The lowest BCUT2D eigenvalue weighted by Crippen LogP contribution is -1.96. The first-order valence-corrected chi connectivity index (χ1v) is 4.45. The number of hydrogen-bond acceptors (Lipinski definition) is 3. The number of fused-ring (bicyclic) bond motifs is 1. The molecule has 0 fully saturated rings. The number of anilines is 1. The van der Waals surface area contributed by atoms with Crippen LogP contribution in [-0.4, -0.2) is 0 Å². The van der Waals surface area contributed by atoms with Crippen LogP contribution in [0.15, 0.2) is 37.9 Å². The summed E-state index contributed by atoms with van der Waals surface area (Å²) in [7, 11) is 0. The van der Waals surface area contributed by atoms with E-state index in [1.807, 2.05) is 0 Å². The van der Waals surface area contributed by atoms with E-state index in [-0.39, 0.29) is 5.63 Å². The molecular weight excluding hydrogens is 234 g/mol. The molecule has 0 saturated heterocycles. The Morgan fingerprint density at radius 2 is 2.08 bits per heavy atom. The molecule has 0 saturated carbocycles. The van der Waals surface area contributed by atoms with E-state index in [2.05, 4.69) is 15.9 Å². The van der Waals surface area contributed by atoms with E-state index in [4.69, 9.17) is 10.2 Å². The normalized spacial score (nSPS) is 10.5. The fourth-order valence-electron chi connectivity index (χ4n) is 1.14. The van der Waals surface area contributed by atoms with Gasteiger partial charge >= 0.3 is 5.63 Å². The number of nitrogens with two attached hydrogens (primary N) is 1. The maximum absolute atomic E-state index is 11.0. The van der Waals surface area contributed by atoms with Gasteiger partial charge in [0.15, 0.2) is 0 Å². The van der Waals surface area contributed by atoms with Gasteiger partial charge in [0.1, 0.15) is 5.58 Å². The number of hydrogen-bond donors (Lipinski definition) is 1. The highest BCUT2D eigenvalue weighted by atomic mass is 79.9. The molecule has 0 aliphatic heterocycles. The summed E-state index contributed by atoms with van der Waals surface area (Å²) in [6.07, 6.45) is 0. The third kappa shape index (κ3) is 1.45. The largest absolute Gasteiger partial charge is 0.423 e. The molecule has 0 spiro atoms. The van der Waals surface area contributed by atoms with E-state index >= 15 is 0 Å². The second-order valence-electron chi connectivity index (χ2n) is 2.67. The van der Waals surface area contributed by atoms with Gasteiger partial charge < -0.3 is 10.2 Å². The third-order valence-corrected chi connectivity index (χ3v) is 2.37. The summed E-state index contributed by atoms with van der Waals surface area (Å²) in [6, 6.07) is 6.50. The second kappa shape index (κ2) is 2.88. The molecule has 1 aromatic carbocycles. The van der Waals surface area contributed by atoms with Crippen molar-refractivity contribution in [1.82, 2.24) is 0 Å². The number of rotatable bonds is 0. The zero-order chi connectivity index (χ0) is 9.42. The predicted octanol–water partition coefficient (Wildman–Crippen LogP) is 2.14. The van der Waals surface area contributed by atoms with E-state index in [1.54, 1.807) is 18.2 Å². The molecule has 2 N–H and O–H groups in total. The minimum atomic E-state index is -0.371. The Hall–Kier alpha value is -1.29. The van der Waals surface area contributed by atoms with Crippen molar-refractivity contribution in [3.63, 3.8) is 0 Å². The standard InChI is InChI=1S/C9H6BrNO2/c10-7-4-9(12)13-8-2-1-5(11)3-6(7)8/h1-4H,11H2. The van der Waals surface area contributed by atoms with Crippen LogP contribution in [-0.2, 0) is 0 Å². The van der Waals surface area contributed by atoms with Crippen LogP contribution >= 0.6 is 15.9 Å². The van der Waals surface area contributed by atoms with Crippen LogP contribution in [0.2, 0.25) is 0 Å². The van der Waals surface area contributed by atoms with Gasteiger partial charge in [-0.25, -0.2) is 4.79 Å². The molecule has 1 heterocycles. The Labute approximate surface area is 82.3 Å². The van der Waals surface area contributed by atoms with E-state index in [0.717, 1.165) is 5.39 Å². The van der Waals surface area contributed by atoms with Crippen molar-refractivity contribution in [2.24, 2.45) is 0 Å². The molecule has 0 aliphatic carbocycles. The third-order valence-electron chi connectivity index (χ3n) is 1.72. The molecule has 4 heteroatoms. The van der Waals surface area contributed by atoms with E-state index in [9.17, 15) is 4.79 Å². The average molecular weight is 240 g/mol. The SMILES string of the molecule is Nc1ccc2oc(=O)cc(Br)c2c1. The topological polar surface area (TPSA) is 56.2 Å². The molecule has 0 aliphatic rings. The second-order valence-corrected chi connectivity index (χ2v) is 3.52. The van der Waals surface area contributed by atoms with Gasteiger partial charge in [0.05, 0.1) is 0 Å². The van der Waals surface area contributed by atoms with Crippen molar-refractivity contribution in [2.45, 2.75) is 0 Å². The molecule has 0 atom stereocenters. The molecule has 13 heavy (non-hydrogen) atoms. The molecule has 66 valence electrons. The summed E-state index contributed by atoms with van der Waals surface area (Å²) in [5, 5.41) is 0.805. The Balaban J connectivity index is 2.95. The van der Waals surface area contributed by atoms with Crippen LogP contribution in [0.1, 0.15) is 0 Å². The Morgan fingerprint density at radius 1 is 1.31 bits per heavy atom. The first-order chi connectivity index (χ1) is 6.16. The van der Waals surface area contributed by atoms with Crippen molar-refractivity contribution in [3.8, 4) is 0 Å². The maximum Gasteiger partial charge on any atom is 0.337 e. The van der Waals surface area contributed by atoms with Crippen LogP contribution in [0.5, 0.6) is 0 Å². The van der Waals surface area contributed by atoms with Crippen LogP contribution in [0.25, 0.3) is 11.0 Å². The van der Waals surface area contributed by atoms with Crippen molar-refractivity contribution in [3.05, 3.63) is 39.2 Å². The minimum absolute atomic E-state index is 0.371. The van der Waals surface area contributed by atoms with Crippen LogP contribution < -0.4 is 11.4 Å². The molecule has 0 amide bonds. The van der Waals surface area contributed by atoms with Gasteiger partial charge in [-0.3, -0.25) is 0 Å². The van der Waals surface area contributed by atoms with Crippen molar-refractivity contribution in [1.29, 1.82) is 0 Å². The Kier molecular flexibility index (Phi) is 1.84. The molecule has 0 unspecified atom stereocenters. The van der Waals surface area contributed by atoms with Crippen molar-refractivity contribution in [2.75, 3.05) is 5.73 Å². The van der Waals surface area contributed by atoms with Crippen molar-refractivity contribution < 1.29 is 4.42 Å². The zero-order valence-electron chi connectivity index (χ0n) is 6.58. The summed E-state index contributed by atoms with van der Waals surface area (Å²) < 4.78 is 5.66. The van der Waals surface area contributed by atoms with Gasteiger partial charge in [0.2, 0.25) is 0 Å². The lowest BCUT2D eigenvalue weighted by atomic mass is 10.2. The predicted molar refractivity (Wildman–Crippen MR) is 54.6 cm³/mol. The van der Waals surface area contributed by atoms with Crippen LogP contribution in [0.4, 0.5) is 5.69 Å². The maximum atomic E-state index is 11.0. The van der Waals surface area contributed by atoms with E-state index in [1.165, 1.54) is 6.07 Å². The quantitative estimate of drug-likeness (QED) is 0.566. The summed E-state index contributed by atoms with van der Waals surface area (Å²) in [4.78, 5) is 11.0. The monoisotopic (exact) mass is 239 g/mol. The van der Waals surface area contributed by atoms with Gasteiger partial charge in [0.25, 0.3) is 0 Å². The first kappa shape index (κ1) is 8.31. The highest BCUT2D eigenvalue weighted by Crippen LogP contribution is 2.23. The van der Waals surface area contributed by atoms with Crippen LogP contribution in [0, 0.1) is 0 Å². The zero-order valence-corrected chi connectivity index (χ0v) is 8.17. The summed E-state index contributed by atoms with van der Waals surface area (Å²) in [5.41, 5.74) is 6.40. The van der Waals surface area contributed by atoms with Crippen molar-refractivity contribution >= 4 is 32.6 Å². The minimum Gasteiger partial charge on any atom is -0.423 e.